The fraction of sp³-hybridized carbons (Fsp3) is 0.214. The van der Waals surface area contributed by atoms with Crippen molar-refractivity contribution in [1.29, 1.82) is 5.26 Å². The van der Waals surface area contributed by atoms with Gasteiger partial charge in [0.15, 0.2) is 0 Å². The molecule has 1 amide bonds. The number of nitrogens with one attached hydrogen (secondary N) is 1. The summed E-state index contributed by atoms with van der Waals surface area (Å²) in [7, 11) is 0. The predicted molar refractivity (Wildman–Crippen MR) is 133 cm³/mol. The Kier molecular flexibility index (Phi) is 7.78. The number of alkyl halides is 3. The molecule has 184 valence electrons. The number of benzene rings is 3. The molecule has 36 heavy (non-hydrogen) atoms. The number of rotatable bonds is 6. The van der Waals surface area contributed by atoms with Gasteiger partial charge in [-0.2, -0.15) is 18.4 Å². The third-order valence-corrected chi connectivity index (χ3v) is 6.42. The third kappa shape index (κ3) is 6.14. The van der Waals surface area contributed by atoms with E-state index in [4.69, 9.17) is 11.6 Å². The molecule has 0 spiro atoms. The SMILES string of the molecule is N#Cc1cccc(CN2CCC(c3ccccc3Cl)=C(C(=O)NCc3ccc(C(F)(F)F)cc3)C2)c1. The van der Waals surface area contributed by atoms with Gasteiger partial charge in [0, 0.05) is 36.8 Å². The fourth-order valence-electron chi connectivity index (χ4n) is 4.26. The molecule has 1 aliphatic rings. The van der Waals surface area contributed by atoms with Crippen molar-refractivity contribution in [1.82, 2.24) is 10.2 Å². The van der Waals surface area contributed by atoms with Crippen molar-refractivity contribution in [2.45, 2.75) is 25.7 Å². The molecule has 1 aliphatic heterocycles. The predicted octanol–water partition coefficient (Wildman–Crippen LogP) is 6.21. The molecule has 0 radical (unpaired) electrons. The number of hydrogen-bond acceptors (Lipinski definition) is 3. The van der Waals surface area contributed by atoms with Crippen LogP contribution in [0.4, 0.5) is 13.2 Å². The Bertz CT molecular complexity index is 1330. The van der Waals surface area contributed by atoms with E-state index in [0.29, 0.717) is 47.8 Å². The van der Waals surface area contributed by atoms with Gasteiger partial charge in [0.25, 0.3) is 0 Å². The Morgan fingerprint density at radius 2 is 1.78 bits per heavy atom. The summed E-state index contributed by atoms with van der Waals surface area (Å²) in [6.07, 6.45) is -3.81. The maximum absolute atomic E-state index is 13.3. The van der Waals surface area contributed by atoms with Gasteiger partial charge in [0.05, 0.1) is 17.2 Å². The van der Waals surface area contributed by atoms with Crippen molar-refractivity contribution in [2.75, 3.05) is 13.1 Å². The molecule has 0 bridgehead atoms. The average molecular weight is 510 g/mol. The highest BCUT2D eigenvalue weighted by atomic mass is 35.5. The topological polar surface area (TPSA) is 56.1 Å². The highest BCUT2D eigenvalue weighted by Gasteiger charge is 2.30. The Labute approximate surface area is 212 Å². The van der Waals surface area contributed by atoms with Crippen molar-refractivity contribution in [3.63, 3.8) is 0 Å². The third-order valence-electron chi connectivity index (χ3n) is 6.09. The number of hydrogen-bond donors (Lipinski definition) is 1. The van der Waals surface area contributed by atoms with Crippen LogP contribution in [-0.4, -0.2) is 23.9 Å². The Hall–Kier alpha value is -3.60. The van der Waals surface area contributed by atoms with Crippen LogP contribution in [0, 0.1) is 11.3 Å². The van der Waals surface area contributed by atoms with Crippen LogP contribution in [0.5, 0.6) is 0 Å². The molecule has 0 aliphatic carbocycles. The van der Waals surface area contributed by atoms with Crippen molar-refractivity contribution in [3.8, 4) is 6.07 Å². The molecule has 4 nitrogen and oxygen atoms in total. The first-order chi connectivity index (χ1) is 17.2. The first kappa shape index (κ1) is 25.5. The monoisotopic (exact) mass is 509 g/mol. The highest BCUT2D eigenvalue weighted by molar-refractivity contribution is 6.32. The summed E-state index contributed by atoms with van der Waals surface area (Å²) < 4.78 is 38.5. The summed E-state index contributed by atoms with van der Waals surface area (Å²) in [6, 6.07) is 21.6. The standard InChI is InChI=1S/C28H23ClF3N3O/c29-26-7-2-1-6-24(26)23-12-13-35(17-21-5-3-4-20(14-21)15-33)18-25(23)27(36)34-16-19-8-10-22(11-9-19)28(30,31)32/h1-11,14H,12-13,16-18H2,(H,34,36). The van der Waals surface area contributed by atoms with Gasteiger partial charge in [-0.1, -0.05) is 54.1 Å². The van der Waals surface area contributed by atoms with Crippen LogP contribution in [0.3, 0.4) is 0 Å². The van der Waals surface area contributed by atoms with Crippen LogP contribution in [0.2, 0.25) is 5.02 Å². The number of carbonyl (C=O) groups excluding carboxylic acids is 1. The fourth-order valence-corrected chi connectivity index (χ4v) is 4.51. The molecule has 0 fully saturated rings. The summed E-state index contributed by atoms with van der Waals surface area (Å²) >= 11 is 6.45. The molecule has 0 saturated carbocycles. The number of amides is 1. The van der Waals surface area contributed by atoms with Gasteiger partial charge in [-0.25, -0.2) is 0 Å². The second kappa shape index (κ2) is 11.0. The lowest BCUT2D eigenvalue weighted by molar-refractivity contribution is -0.137. The average Bonchev–Trinajstić information content (AvgIpc) is 2.87. The van der Waals surface area contributed by atoms with E-state index in [9.17, 15) is 23.2 Å². The summed E-state index contributed by atoms with van der Waals surface area (Å²) in [5.41, 5.74) is 3.60. The van der Waals surface area contributed by atoms with Crippen LogP contribution in [0.1, 0.15) is 34.2 Å². The largest absolute Gasteiger partial charge is 0.416 e. The Balaban J connectivity index is 1.55. The van der Waals surface area contributed by atoms with Crippen LogP contribution < -0.4 is 5.32 Å². The van der Waals surface area contributed by atoms with Crippen LogP contribution in [0.25, 0.3) is 5.57 Å². The minimum absolute atomic E-state index is 0.0977. The zero-order chi connectivity index (χ0) is 25.7. The quantitative estimate of drug-likeness (QED) is 0.430. The molecule has 0 aromatic heterocycles. The molecule has 0 atom stereocenters. The molecule has 0 unspecified atom stereocenters. The maximum Gasteiger partial charge on any atom is 0.416 e. The first-order valence-electron chi connectivity index (χ1n) is 11.4. The smallest absolute Gasteiger partial charge is 0.348 e. The molecule has 4 rings (SSSR count). The van der Waals surface area contributed by atoms with Crippen LogP contribution in [0.15, 0.2) is 78.4 Å². The lowest BCUT2D eigenvalue weighted by Crippen LogP contribution is -2.37. The first-order valence-corrected chi connectivity index (χ1v) is 11.7. The van der Waals surface area contributed by atoms with E-state index in [1.807, 2.05) is 36.4 Å². The molecule has 3 aromatic rings. The number of nitrogens with zero attached hydrogens (tertiary/aromatic N) is 2. The van der Waals surface area contributed by atoms with Crippen molar-refractivity contribution in [3.05, 3.63) is 111 Å². The zero-order valence-corrected chi connectivity index (χ0v) is 20.0. The van der Waals surface area contributed by atoms with E-state index in [1.54, 1.807) is 12.1 Å². The molecule has 0 saturated heterocycles. The van der Waals surface area contributed by atoms with E-state index >= 15 is 0 Å². The Morgan fingerprint density at radius 1 is 1.03 bits per heavy atom. The zero-order valence-electron chi connectivity index (χ0n) is 19.3. The number of nitriles is 1. The summed E-state index contributed by atoms with van der Waals surface area (Å²) in [5, 5.41) is 12.6. The molecule has 3 aromatic carbocycles. The number of carbonyl (C=O) groups is 1. The highest BCUT2D eigenvalue weighted by Crippen LogP contribution is 2.33. The molecule has 1 N–H and O–H groups in total. The van der Waals surface area contributed by atoms with Crippen LogP contribution in [-0.2, 0) is 24.1 Å². The molecular formula is C28H23ClF3N3O. The van der Waals surface area contributed by atoms with Crippen molar-refractivity contribution < 1.29 is 18.0 Å². The van der Waals surface area contributed by atoms with E-state index in [1.165, 1.54) is 12.1 Å². The summed E-state index contributed by atoms with van der Waals surface area (Å²) in [4.78, 5) is 15.5. The van der Waals surface area contributed by atoms with Gasteiger partial charge in [-0.15, -0.1) is 0 Å². The van der Waals surface area contributed by atoms with Gasteiger partial charge < -0.3 is 5.32 Å². The van der Waals surface area contributed by atoms with Crippen molar-refractivity contribution >= 4 is 23.1 Å². The maximum atomic E-state index is 13.3. The van der Waals surface area contributed by atoms with Gasteiger partial charge in [-0.05, 0) is 59.0 Å². The van der Waals surface area contributed by atoms with Gasteiger partial charge >= 0.3 is 6.18 Å². The van der Waals surface area contributed by atoms with E-state index in [0.717, 1.165) is 28.8 Å². The minimum Gasteiger partial charge on any atom is -0.348 e. The van der Waals surface area contributed by atoms with Crippen molar-refractivity contribution in [2.24, 2.45) is 0 Å². The van der Waals surface area contributed by atoms with Gasteiger partial charge in [0.1, 0.15) is 0 Å². The van der Waals surface area contributed by atoms with E-state index < -0.39 is 11.7 Å². The summed E-state index contributed by atoms with van der Waals surface area (Å²) in [6.45, 7) is 1.74. The van der Waals surface area contributed by atoms with Gasteiger partial charge in [0.2, 0.25) is 5.91 Å². The summed E-state index contributed by atoms with van der Waals surface area (Å²) in [5.74, 6) is -0.291. The van der Waals surface area contributed by atoms with E-state index in [2.05, 4.69) is 16.3 Å². The second-order valence-electron chi connectivity index (χ2n) is 8.59. The minimum atomic E-state index is -4.41. The molecule has 1 heterocycles. The van der Waals surface area contributed by atoms with Gasteiger partial charge in [-0.3, -0.25) is 9.69 Å². The second-order valence-corrected chi connectivity index (χ2v) is 8.99. The lowest BCUT2D eigenvalue weighted by Gasteiger charge is -2.31. The molecular weight excluding hydrogens is 487 g/mol. The van der Waals surface area contributed by atoms with Crippen LogP contribution >= 0.6 is 11.6 Å². The normalized spacial score (nSPS) is 14.4. The number of halogens is 4. The molecule has 8 heteroatoms. The van der Waals surface area contributed by atoms with E-state index in [-0.39, 0.29) is 12.5 Å². The Morgan fingerprint density at radius 3 is 2.47 bits per heavy atom. The lowest BCUT2D eigenvalue weighted by atomic mass is 9.92.